The molecule has 15 heavy (non-hydrogen) atoms. The van der Waals surface area contributed by atoms with Gasteiger partial charge in [-0.1, -0.05) is 0 Å². The molecule has 0 fully saturated rings. The second-order valence-corrected chi connectivity index (χ2v) is 4.79. The number of ether oxygens (including phenoxy) is 1. The molecule has 2 aromatic rings. The topological polar surface area (TPSA) is 70.3 Å². The molecule has 2 heterocycles. The number of hydrogen-bond acceptors (Lipinski definition) is 6. The second kappa shape index (κ2) is 3.53. The molecule has 0 saturated heterocycles. The molecule has 0 aliphatic heterocycles. The van der Waals surface area contributed by atoms with E-state index in [4.69, 9.17) is 5.26 Å². The first kappa shape index (κ1) is 9.96. The van der Waals surface area contributed by atoms with Crippen LogP contribution in [-0.4, -0.2) is 18.2 Å². The summed E-state index contributed by atoms with van der Waals surface area (Å²) in [5, 5.41) is 18.3. The lowest BCUT2D eigenvalue weighted by Crippen LogP contribution is -1.96. The fourth-order valence-electron chi connectivity index (χ4n) is 1.15. The molecule has 0 amide bonds. The van der Waals surface area contributed by atoms with E-state index in [-0.39, 0.29) is 10.6 Å². The predicted molar refractivity (Wildman–Crippen MR) is 57.4 cm³/mol. The highest BCUT2D eigenvalue weighted by Gasteiger charge is 2.17. The van der Waals surface area contributed by atoms with Crippen LogP contribution in [0.2, 0.25) is 0 Å². The van der Waals surface area contributed by atoms with E-state index in [0.29, 0.717) is 9.58 Å². The highest BCUT2D eigenvalue weighted by atomic mass is 32.1. The number of carbonyl (C=O) groups is 1. The molecule has 0 spiro atoms. The van der Waals surface area contributed by atoms with Gasteiger partial charge in [-0.3, -0.25) is 0 Å². The Morgan fingerprint density at radius 3 is 2.87 bits per heavy atom. The number of carbonyl (C=O) groups excluding carboxylic acids is 1. The van der Waals surface area contributed by atoms with E-state index in [1.165, 1.54) is 7.11 Å². The van der Waals surface area contributed by atoms with Crippen molar-refractivity contribution in [3.05, 3.63) is 15.8 Å². The minimum absolute atomic E-state index is 0.0438. The van der Waals surface area contributed by atoms with E-state index in [2.05, 4.69) is 4.74 Å². The molecule has 0 aromatic carbocycles. The maximum absolute atomic E-state index is 11.2. The average Bonchev–Trinajstić information content (AvgIpc) is 2.77. The summed E-state index contributed by atoms with van der Waals surface area (Å²) in [6.07, 6.45) is 0. The van der Waals surface area contributed by atoms with Crippen LogP contribution in [0.1, 0.15) is 14.5 Å². The SMILES string of the molecule is COC(=O)c1cc2sc(C#N)c(O)c2s1. The van der Waals surface area contributed by atoms with Gasteiger partial charge in [-0.2, -0.15) is 5.26 Å². The summed E-state index contributed by atoms with van der Waals surface area (Å²) in [5.41, 5.74) is 0. The molecule has 6 heteroatoms. The van der Waals surface area contributed by atoms with Crippen molar-refractivity contribution in [3.63, 3.8) is 0 Å². The molecular weight excluding hydrogens is 234 g/mol. The van der Waals surface area contributed by atoms with Crippen molar-refractivity contribution in [3.8, 4) is 11.8 Å². The Labute approximate surface area is 93.0 Å². The molecular formula is C9H5NO3S2. The quantitative estimate of drug-likeness (QED) is 0.775. The van der Waals surface area contributed by atoms with Gasteiger partial charge >= 0.3 is 5.97 Å². The molecule has 76 valence electrons. The molecule has 0 saturated carbocycles. The van der Waals surface area contributed by atoms with Crippen LogP contribution in [-0.2, 0) is 4.74 Å². The van der Waals surface area contributed by atoms with Crippen molar-refractivity contribution in [2.24, 2.45) is 0 Å². The normalized spacial score (nSPS) is 10.1. The van der Waals surface area contributed by atoms with Gasteiger partial charge in [-0.25, -0.2) is 4.79 Å². The number of rotatable bonds is 1. The van der Waals surface area contributed by atoms with Crippen molar-refractivity contribution in [2.45, 2.75) is 0 Å². The summed E-state index contributed by atoms with van der Waals surface area (Å²) in [4.78, 5) is 11.9. The maximum atomic E-state index is 11.2. The summed E-state index contributed by atoms with van der Waals surface area (Å²) < 4.78 is 5.86. The van der Waals surface area contributed by atoms with Crippen LogP contribution in [0.15, 0.2) is 6.07 Å². The number of fused-ring (bicyclic) bond motifs is 1. The van der Waals surface area contributed by atoms with Gasteiger partial charge in [0, 0.05) is 0 Å². The lowest BCUT2D eigenvalue weighted by atomic mass is 10.4. The van der Waals surface area contributed by atoms with Crippen LogP contribution < -0.4 is 0 Å². The van der Waals surface area contributed by atoms with Crippen LogP contribution in [0.5, 0.6) is 5.75 Å². The summed E-state index contributed by atoms with van der Waals surface area (Å²) in [6.45, 7) is 0. The van der Waals surface area contributed by atoms with E-state index in [1.54, 1.807) is 6.07 Å². The fraction of sp³-hybridized carbons (Fsp3) is 0.111. The first-order valence-electron chi connectivity index (χ1n) is 3.91. The van der Waals surface area contributed by atoms with E-state index in [1.807, 2.05) is 6.07 Å². The van der Waals surface area contributed by atoms with Crippen molar-refractivity contribution >= 4 is 38.0 Å². The number of esters is 1. The van der Waals surface area contributed by atoms with Crippen molar-refractivity contribution in [1.29, 1.82) is 5.26 Å². The highest BCUT2D eigenvalue weighted by molar-refractivity contribution is 7.29. The van der Waals surface area contributed by atoms with E-state index in [0.717, 1.165) is 27.4 Å². The Morgan fingerprint density at radius 2 is 2.33 bits per heavy atom. The Hall–Kier alpha value is -1.58. The Bertz CT molecular complexity index is 576. The molecule has 2 aromatic heterocycles. The molecule has 0 aliphatic rings. The van der Waals surface area contributed by atoms with Crippen LogP contribution >= 0.6 is 22.7 Å². The van der Waals surface area contributed by atoms with Crippen LogP contribution in [0.25, 0.3) is 9.40 Å². The number of nitriles is 1. The van der Waals surface area contributed by atoms with Crippen LogP contribution in [0.3, 0.4) is 0 Å². The van der Waals surface area contributed by atoms with Crippen LogP contribution in [0.4, 0.5) is 0 Å². The van der Waals surface area contributed by atoms with Gasteiger partial charge in [0.2, 0.25) is 0 Å². The average molecular weight is 239 g/mol. The molecule has 0 radical (unpaired) electrons. The largest absolute Gasteiger partial charge is 0.504 e. The molecule has 0 atom stereocenters. The third-order valence-corrected chi connectivity index (χ3v) is 4.11. The monoisotopic (exact) mass is 239 g/mol. The van der Waals surface area contributed by atoms with Gasteiger partial charge in [0.15, 0.2) is 5.75 Å². The molecule has 0 aliphatic carbocycles. The van der Waals surface area contributed by atoms with Gasteiger partial charge in [0.1, 0.15) is 15.8 Å². The lowest BCUT2D eigenvalue weighted by molar-refractivity contribution is 0.0606. The predicted octanol–water partition coefficient (Wildman–Crippen LogP) is 2.33. The second-order valence-electron chi connectivity index (χ2n) is 2.69. The van der Waals surface area contributed by atoms with Gasteiger partial charge in [-0.05, 0) is 6.07 Å². The molecule has 0 bridgehead atoms. The minimum atomic E-state index is -0.429. The third-order valence-electron chi connectivity index (χ3n) is 1.83. The standard InChI is InChI=1S/C9H5NO3S2/c1-13-9(12)5-2-4-8(15-5)7(11)6(3-10)14-4/h2,11H,1H3. The fourth-order valence-corrected chi connectivity index (χ4v) is 3.29. The number of thiophene rings is 2. The van der Waals surface area contributed by atoms with Crippen molar-refractivity contribution in [1.82, 2.24) is 0 Å². The van der Waals surface area contributed by atoms with E-state index >= 15 is 0 Å². The van der Waals surface area contributed by atoms with Gasteiger partial charge in [0.25, 0.3) is 0 Å². The van der Waals surface area contributed by atoms with Crippen molar-refractivity contribution in [2.75, 3.05) is 7.11 Å². The van der Waals surface area contributed by atoms with Crippen molar-refractivity contribution < 1.29 is 14.6 Å². The Kier molecular flexibility index (Phi) is 2.34. The number of aromatic hydroxyl groups is 1. The smallest absolute Gasteiger partial charge is 0.348 e. The van der Waals surface area contributed by atoms with E-state index in [9.17, 15) is 9.90 Å². The zero-order valence-electron chi connectivity index (χ0n) is 7.60. The first-order valence-corrected chi connectivity index (χ1v) is 5.54. The zero-order valence-corrected chi connectivity index (χ0v) is 9.24. The number of methoxy groups -OCH3 is 1. The van der Waals surface area contributed by atoms with E-state index < -0.39 is 5.97 Å². The molecule has 2 rings (SSSR count). The third kappa shape index (κ3) is 1.46. The Balaban J connectivity index is 2.60. The van der Waals surface area contributed by atoms with Gasteiger partial charge in [-0.15, -0.1) is 22.7 Å². The van der Waals surface area contributed by atoms with Crippen LogP contribution in [0, 0.1) is 11.3 Å². The lowest BCUT2D eigenvalue weighted by Gasteiger charge is -1.91. The summed E-state index contributed by atoms with van der Waals surface area (Å²) in [5.74, 6) is -0.473. The summed E-state index contributed by atoms with van der Waals surface area (Å²) >= 11 is 2.29. The molecule has 4 nitrogen and oxygen atoms in total. The maximum Gasteiger partial charge on any atom is 0.348 e. The number of hydrogen-bond donors (Lipinski definition) is 1. The molecule has 1 N–H and O–H groups in total. The van der Waals surface area contributed by atoms with Gasteiger partial charge in [0.05, 0.1) is 16.5 Å². The summed E-state index contributed by atoms with van der Waals surface area (Å²) in [6, 6.07) is 3.51. The highest BCUT2D eigenvalue weighted by Crippen LogP contribution is 2.41. The minimum Gasteiger partial charge on any atom is -0.504 e. The zero-order chi connectivity index (χ0) is 11.0. The summed E-state index contributed by atoms with van der Waals surface area (Å²) in [7, 11) is 1.30. The Morgan fingerprint density at radius 1 is 1.60 bits per heavy atom. The number of nitrogens with zero attached hydrogens (tertiary/aromatic N) is 1. The molecule has 0 unspecified atom stereocenters. The van der Waals surface area contributed by atoms with Gasteiger partial charge < -0.3 is 9.84 Å². The first-order chi connectivity index (χ1) is 7.17.